The summed E-state index contributed by atoms with van der Waals surface area (Å²) in [5, 5.41) is 8.31. The molecule has 1 unspecified atom stereocenters. The van der Waals surface area contributed by atoms with Gasteiger partial charge in [0.05, 0.1) is 0 Å². The van der Waals surface area contributed by atoms with Gasteiger partial charge < -0.3 is 15.5 Å². The number of carbonyl (C=O) groups is 4. The van der Waals surface area contributed by atoms with Crippen LogP contribution >= 0.6 is 11.6 Å². The van der Waals surface area contributed by atoms with Crippen molar-refractivity contribution in [1.29, 1.82) is 0 Å². The molecule has 2 heterocycles. The van der Waals surface area contributed by atoms with Crippen LogP contribution in [0.15, 0.2) is 42.5 Å². The minimum absolute atomic E-state index is 0.217. The largest absolute Gasteiger partial charge is 0.334 e. The summed E-state index contributed by atoms with van der Waals surface area (Å²) in [5.41, 5.74) is 2.70. The van der Waals surface area contributed by atoms with Crippen molar-refractivity contribution in [1.82, 2.24) is 15.5 Å². The van der Waals surface area contributed by atoms with Crippen LogP contribution in [0.4, 0.5) is 10.5 Å². The maximum Gasteiger partial charge on any atom is 0.319 e. The van der Waals surface area contributed by atoms with Gasteiger partial charge in [0.25, 0.3) is 5.91 Å². The lowest BCUT2D eigenvalue weighted by Gasteiger charge is -2.29. The van der Waals surface area contributed by atoms with Crippen LogP contribution in [0.5, 0.6) is 0 Å². The molecule has 8 nitrogen and oxygen atoms in total. The number of nitrogens with one attached hydrogen (secondary N) is 3. The highest BCUT2D eigenvalue weighted by Crippen LogP contribution is 2.28. The average Bonchev–Trinajstić information content (AvgIpc) is 3.04. The first-order valence-corrected chi connectivity index (χ1v) is 9.85. The number of piperidine rings is 1. The Morgan fingerprint density at radius 1 is 1.13 bits per heavy atom. The van der Waals surface area contributed by atoms with Crippen LogP contribution in [0.25, 0.3) is 0 Å². The van der Waals surface area contributed by atoms with Gasteiger partial charge in [0.2, 0.25) is 11.8 Å². The maximum absolute atomic E-state index is 12.8. The number of anilines is 1. The summed E-state index contributed by atoms with van der Waals surface area (Å²) in [6.45, 7) is 0.559. The fraction of sp³-hybridized carbons (Fsp3) is 0.238. The van der Waals surface area contributed by atoms with Crippen LogP contribution < -0.4 is 16.0 Å². The first-order valence-electron chi connectivity index (χ1n) is 9.47. The summed E-state index contributed by atoms with van der Waals surface area (Å²) in [6.07, 6.45) is 0.540. The van der Waals surface area contributed by atoms with Gasteiger partial charge in [0.15, 0.2) is 0 Å². The van der Waals surface area contributed by atoms with Crippen LogP contribution in [0.1, 0.15) is 34.3 Å². The fourth-order valence-electron chi connectivity index (χ4n) is 3.60. The molecule has 1 atom stereocenters. The van der Waals surface area contributed by atoms with Crippen molar-refractivity contribution in [3.05, 3.63) is 64.2 Å². The van der Waals surface area contributed by atoms with E-state index in [0.29, 0.717) is 29.2 Å². The number of fused-ring (bicyclic) bond motifs is 1. The van der Waals surface area contributed by atoms with Crippen molar-refractivity contribution < 1.29 is 19.2 Å². The van der Waals surface area contributed by atoms with E-state index >= 15 is 0 Å². The third-order valence-electron chi connectivity index (χ3n) is 5.15. The number of hydrogen-bond donors (Lipinski definition) is 3. The van der Waals surface area contributed by atoms with E-state index in [4.69, 9.17) is 11.6 Å². The number of carbonyl (C=O) groups excluding carboxylic acids is 4. The SMILES string of the molecule is O=C1CCC(N2Cc3ccc(CNC(=O)Nc4ccc(Cl)cc4)cc3C2=O)C(=O)N1. The summed E-state index contributed by atoms with van der Waals surface area (Å²) in [7, 11) is 0. The zero-order chi connectivity index (χ0) is 21.3. The number of rotatable bonds is 4. The van der Waals surface area contributed by atoms with Crippen molar-refractivity contribution in [2.45, 2.75) is 32.0 Å². The number of amides is 5. The second-order valence-electron chi connectivity index (χ2n) is 7.21. The zero-order valence-electron chi connectivity index (χ0n) is 15.9. The standard InChI is InChI=1S/C21H19ClN4O4/c22-14-3-5-15(6-4-14)24-21(30)23-10-12-1-2-13-11-26(20(29)16(13)9-12)17-7-8-18(27)25-19(17)28/h1-6,9,17H,7-8,10-11H2,(H2,23,24,30)(H,25,27,28). The molecule has 2 aromatic carbocycles. The minimum atomic E-state index is -0.644. The van der Waals surface area contributed by atoms with Crippen molar-refractivity contribution in [3.8, 4) is 0 Å². The Hall–Kier alpha value is -3.39. The van der Waals surface area contributed by atoms with Crippen LogP contribution in [0.3, 0.4) is 0 Å². The Labute approximate surface area is 177 Å². The Balaban J connectivity index is 1.38. The molecule has 0 spiro atoms. The predicted octanol–water partition coefficient (Wildman–Crippen LogP) is 2.42. The molecule has 0 bridgehead atoms. The minimum Gasteiger partial charge on any atom is -0.334 e. The van der Waals surface area contributed by atoms with Gasteiger partial charge in [0.1, 0.15) is 6.04 Å². The first-order chi connectivity index (χ1) is 14.4. The highest BCUT2D eigenvalue weighted by molar-refractivity contribution is 6.30. The van der Waals surface area contributed by atoms with Gasteiger partial charge in [0, 0.05) is 35.8 Å². The van der Waals surface area contributed by atoms with E-state index in [0.717, 1.165) is 11.1 Å². The van der Waals surface area contributed by atoms with Crippen LogP contribution in [-0.2, 0) is 22.7 Å². The fourth-order valence-corrected chi connectivity index (χ4v) is 3.73. The van der Waals surface area contributed by atoms with Gasteiger partial charge in [-0.25, -0.2) is 4.79 Å². The normalized spacial score (nSPS) is 18.1. The van der Waals surface area contributed by atoms with E-state index in [1.165, 1.54) is 4.90 Å². The van der Waals surface area contributed by atoms with Gasteiger partial charge in [-0.3, -0.25) is 19.7 Å². The van der Waals surface area contributed by atoms with E-state index in [-0.39, 0.29) is 30.8 Å². The summed E-state index contributed by atoms with van der Waals surface area (Å²) < 4.78 is 0. The van der Waals surface area contributed by atoms with E-state index < -0.39 is 11.9 Å². The van der Waals surface area contributed by atoms with E-state index in [1.54, 1.807) is 30.3 Å². The molecular formula is C21H19ClN4O4. The lowest BCUT2D eigenvalue weighted by molar-refractivity contribution is -0.136. The van der Waals surface area contributed by atoms with Gasteiger partial charge >= 0.3 is 6.03 Å². The monoisotopic (exact) mass is 426 g/mol. The van der Waals surface area contributed by atoms with Crippen molar-refractivity contribution in [3.63, 3.8) is 0 Å². The molecule has 2 aliphatic rings. The van der Waals surface area contributed by atoms with E-state index in [1.807, 2.05) is 12.1 Å². The summed E-state index contributed by atoms with van der Waals surface area (Å²) in [5.74, 6) is -0.995. The molecule has 4 rings (SSSR count). The number of benzene rings is 2. The molecular weight excluding hydrogens is 408 g/mol. The lowest BCUT2D eigenvalue weighted by Crippen LogP contribution is -2.52. The second-order valence-corrected chi connectivity index (χ2v) is 7.64. The Morgan fingerprint density at radius 2 is 1.90 bits per heavy atom. The molecule has 30 heavy (non-hydrogen) atoms. The predicted molar refractivity (Wildman–Crippen MR) is 110 cm³/mol. The van der Waals surface area contributed by atoms with Gasteiger partial charge in [-0.15, -0.1) is 0 Å². The molecule has 0 aliphatic carbocycles. The topological polar surface area (TPSA) is 108 Å². The van der Waals surface area contributed by atoms with E-state index in [9.17, 15) is 19.2 Å². The van der Waals surface area contributed by atoms with Crippen molar-refractivity contribution in [2.75, 3.05) is 5.32 Å². The highest BCUT2D eigenvalue weighted by Gasteiger charge is 2.39. The number of imide groups is 1. The van der Waals surface area contributed by atoms with Crippen molar-refractivity contribution >= 4 is 41.0 Å². The first kappa shape index (κ1) is 19.9. The third kappa shape index (κ3) is 4.13. The lowest BCUT2D eigenvalue weighted by atomic mass is 10.0. The zero-order valence-corrected chi connectivity index (χ0v) is 16.7. The summed E-state index contributed by atoms with van der Waals surface area (Å²) in [6, 6.07) is 11.1. The van der Waals surface area contributed by atoms with Crippen LogP contribution in [0.2, 0.25) is 5.02 Å². The van der Waals surface area contributed by atoms with Gasteiger partial charge in [-0.05, 0) is 47.9 Å². The molecule has 1 saturated heterocycles. The molecule has 154 valence electrons. The maximum atomic E-state index is 12.8. The number of urea groups is 1. The molecule has 0 aromatic heterocycles. The molecule has 0 radical (unpaired) electrons. The Morgan fingerprint density at radius 3 is 2.63 bits per heavy atom. The number of nitrogens with zero attached hydrogens (tertiary/aromatic N) is 1. The average molecular weight is 427 g/mol. The van der Waals surface area contributed by atoms with E-state index in [2.05, 4.69) is 16.0 Å². The molecule has 1 fully saturated rings. The van der Waals surface area contributed by atoms with Crippen LogP contribution in [-0.4, -0.2) is 34.7 Å². The Kier molecular flexibility index (Phi) is 5.41. The van der Waals surface area contributed by atoms with Gasteiger partial charge in [-0.1, -0.05) is 23.7 Å². The smallest absolute Gasteiger partial charge is 0.319 e. The highest BCUT2D eigenvalue weighted by atomic mass is 35.5. The van der Waals surface area contributed by atoms with Crippen molar-refractivity contribution in [2.24, 2.45) is 0 Å². The molecule has 5 amide bonds. The number of hydrogen-bond acceptors (Lipinski definition) is 4. The van der Waals surface area contributed by atoms with Gasteiger partial charge in [-0.2, -0.15) is 0 Å². The molecule has 3 N–H and O–H groups in total. The third-order valence-corrected chi connectivity index (χ3v) is 5.40. The molecule has 0 saturated carbocycles. The molecule has 9 heteroatoms. The molecule has 2 aromatic rings. The Bertz CT molecular complexity index is 1040. The second kappa shape index (κ2) is 8.16. The summed E-state index contributed by atoms with van der Waals surface area (Å²) >= 11 is 5.83. The number of halogens is 1. The quantitative estimate of drug-likeness (QED) is 0.652. The molecule has 2 aliphatic heterocycles. The summed E-state index contributed by atoms with van der Waals surface area (Å²) in [4.78, 5) is 49.9. The van der Waals surface area contributed by atoms with Crippen LogP contribution in [0, 0.1) is 0 Å².